The van der Waals surface area contributed by atoms with Crippen molar-refractivity contribution in [1.82, 2.24) is 23.5 Å². The van der Waals surface area contributed by atoms with Crippen molar-refractivity contribution in [3.05, 3.63) is 51.7 Å². The Labute approximate surface area is 217 Å². The van der Waals surface area contributed by atoms with Gasteiger partial charge < -0.3 is 21.1 Å². The standard InChI is InChI=1S/C23H27N7O5S2/c1-13-6-18-19(9-26-13)36-22(27-18)23(33)30-5-4-28(12-17(30)8-20(31)32)37(34,35)29-10-15-3-2-14(21(24)25)7-16(15)11-29/h2-3,7,10-11,13,17,26H,4-6,8-9,12H2,1H3,(H3,24,25)(H,31,32). The fourth-order valence-electron chi connectivity index (χ4n) is 4.75. The summed E-state index contributed by atoms with van der Waals surface area (Å²) in [5.41, 5.74) is 6.90. The maximum absolute atomic E-state index is 13.5. The monoisotopic (exact) mass is 545 g/mol. The largest absolute Gasteiger partial charge is 0.481 e. The quantitative estimate of drug-likeness (QED) is 0.260. The van der Waals surface area contributed by atoms with Crippen LogP contribution in [0.4, 0.5) is 0 Å². The topological polar surface area (TPSA) is 175 Å². The third-order valence-corrected chi connectivity index (χ3v) is 9.53. The van der Waals surface area contributed by atoms with Gasteiger partial charge in [0, 0.05) is 72.2 Å². The molecule has 1 aromatic carbocycles. The van der Waals surface area contributed by atoms with Gasteiger partial charge >= 0.3 is 16.2 Å². The summed E-state index contributed by atoms with van der Waals surface area (Å²) in [4.78, 5) is 32.0. The molecular formula is C23H27N7O5S2. The minimum atomic E-state index is -4.03. The average Bonchev–Trinajstić information content (AvgIpc) is 3.47. The number of aromatic nitrogens is 2. The summed E-state index contributed by atoms with van der Waals surface area (Å²) >= 11 is 1.30. The smallest absolute Gasteiger partial charge is 0.307 e. The van der Waals surface area contributed by atoms with Crippen LogP contribution in [0.25, 0.3) is 10.8 Å². The number of thiazole rings is 1. The van der Waals surface area contributed by atoms with Gasteiger partial charge in [-0.25, -0.2) is 8.96 Å². The van der Waals surface area contributed by atoms with Crippen molar-refractivity contribution in [3.8, 4) is 0 Å². The lowest BCUT2D eigenvalue weighted by atomic mass is 10.1. The maximum Gasteiger partial charge on any atom is 0.307 e. The van der Waals surface area contributed by atoms with Crippen molar-refractivity contribution in [2.45, 2.75) is 38.4 Å². The van der Waals surface area contributed by atoms with Gasteiger partial charge in [0.05, 0.1) is 18.2 Å². The second-order valence-corrected chi connectivity index (χ2v) is 12.3. The highest BCUT2D eigenvalue weighted by molar-refractivity contribution is 7.87. The van der Waals surface area contributed by atoms with E-state index in [0.29, 0.717) is 34.3 Å². The van der Waals surface area contributed by atoms with Crippen LogP contribution in [0.5, 0.6) is 0 Å². The zero-order valence-electron chi connectivity index (χ0n) is 20.0. The third-order valence-electron chi connectivity index (χ3n) is 6.71. The SMILES string of the molecule is CC1Cc2nc(C(=O)N3CCN(S(=O)(=O)n4cc5ccc(C(=N)N)cc5c4)CC3CC(=O)O)sc2CN1. The summed E-state index contributed by atoms with van der Waals surface area (Å²) in [5.74, 6) is -1.62. The second kappa shape index (κ2) is 9.52. The van der Waals surface area contributed by atoms with E-state index in [1.54, 1.807) is 18.2 Å². The molecular weight excluding hydrogens is 518 g/mol. The lowest BCUT2D eigenvalue weighted by Gasteiger charge is -2.39. The number of carboxylic acids is 1. The Morgan fingerprint density at radius 1 is 1.27 bits per heavy atom. The molecule has 0 aliphatic carbocycles. The van der Waals surface area contributed by atoms with Gasteiger partial charge in [0.25, 0.3) is 5.91 Å². The van der Waals surface area contributed by atoms with E-state index in [9.17, 15) is 23.1 Å². The van der Waals surface area contributed by atoms with Gasteiger partial charge in [-0.3, -0.25) is 15.0 Å². The van der Waals surface area contributed by atoms with Crippen molar-refractivity contribution >= 4 is 50.0 Å². The molecule has 5 N–H and O–H groups in total. The average molecular weight is 546 g/mol. The van der Waals surface area contributed by atoms with E-state index >= 15 is 0 Å². The van der Waals surface area contributed by atoms with E-state index in [2.05, 4.69) is 10.3 Å². The Morgan fingerprint density at radius 3 is 2.76 bits per heavy atom. The molecule has 2 atom stereocenters. The first kappa shape index (κ1) is 25.3. The van der Waals surface area contributed by atoms with Gasteiger partial charge in [-0.2, -0.15) is 12.7 Å². The van der Waals surface area contributed by atoms with Crippen molar-refractivity contribution in [1.29, 1.82) is 5.41 Å². The summed E-state index contributed by atoms with van der Waals surface area (Å²) in [6, 6.07) is 4.37. The molecule has 0 saturated carbocycles. The van der Waals surface area contributed by atoms with Crippen molar-refractivity contribution < 1.29 is 23.1 Å². The fourth-order valence-corrected chi connectivity index (χ4v) is 7.18. The fraction of sp³-hybridized carbons (Fsp3) is 0.391. The first-order chi connectivity index (χ1) is 17.5. The molecule has 14 heteroatoms. The molecule has 2 aliphatic heterocycles. The minimum absolute atomic E-state index is 0.0150. The van der Waals surface area contributed by atoms with Crippen LogP contribution in [0.3, 0.4) is 0 Å². The zero-order chi connectivity index (χ0) is 26.5. The Kier molecular flexibility index (Phi) is 6.52. The van der Waals surface area contributed by atoms with Crippen molar-refractivity contribution in [2.75, 3.05) is 19.6 Å². The normalized spacial score (nSPS) is 20.6. The van der Waals surface area contributed by atoms with E-state index in [-0.39, 0.29) is 37.4 Å². The highest BCUT2D eigenvalue weighted by atomic mass is 32.2. The van der Waals surface area contributed by atoms with Gasteiger partial charge in [0.1, 0.15) is 5.84 Å². The number of fused-ring (bicyclic) bond motifs is 2. The first-order valence-corrected chi connectivity index (χ1v) is 14.0. The highest BCUT2D eigenvalue weighted by Gasteiger charge is 2.39. The number of benzene rings is 1. The van der Waals surface area contributed by atoms with Crippen LogP contribution in [-0.2, 0) is 28.0 Å². The molecule has 3 aromatic rings. The number of rotatable bonds is 6. The minimum Gasteiger partial charge on any atom is -0.481 e. The summed E-state index contributed by atoms with van der Waals surface area (Å²) in [6.45, 7) is 2.58. The molecule has 5 rings (SSSR count). The van der Waals surface area contributed by atoms with Crippen molar-refractivity contribution in [2.24, 2.45) is 5.73 Å². The molecule has 2 aliphatic rings. The number of carbonyl (C=O) groups excluding carboxylic acids is 1. The first-order valence-electron chi connectivity index (χ1n) is 11.7. The molecule has 12 nitrogen and oxygen atoms in total. The zero-order valence-corrected chi connectivity index (χ0v) is 21.7. The molecule has 4 heterocycles. The van der Waals surface area contributed by atoms with E-state index in [1.165, 1.54) is 32.9 Å². The van der Waals surface area contributed by atoms with Gasteiger partial charge in [-0.05, 0) is 13.0 Å². The molecule has 196 valence electrons. The molecule has 1 saturated heterocycles. The number of amidine groups is 1. The number of nitrogen functional groups attached to an aromatic ring is 1. The van der Waals surface area contributed by atoms with Crippen LogP contribution in [0.15, 0.2) is 30.6 Å². The predicted molar refractivity (Wildman–Crippen MR) is 138 cm³/mol. The summed E-state index contributed by atoms with van der Waals surface area (Å²) in [7, 11) is -4.03. The Balaban J connectivity index is 1.39. The predicted octanol–water partition coefficient (Wildman–Crippen LogP) is 0.810. The van der Waals surface area contributed by atoms with Crippen LogP contribution in [0, 0.1) is 5.41 Å². The molecule has 1 fully saturated rings. The molecule has 2 aromatic heterocycles. The molecule has 2 unspecified atom stereocenters. The maximum atomic E-state index is 13.5. The van der Waals surface area contributed by atoms with E-state index in [1.807, 2.05) is 6.92 Å². The molecule has 37 heavy (non-hydrogen) atoms. The number of amides is 1. The van der Waals surface area contributed by atoms with Gasteiger partial charge in [-0.1, -0.05) is 12.1 Å². The van der Waals surface area contributed by atoms with Gasteiger partial charge in [-0.15, -0.1) is 11.3 Å². The number of nitrogens with two attached hydrogens (primary N) is 1. The third kappa shape index (κ3) is 4.84. The number of hydrogen-bond donors (Lipinski definition) is 4. The molecule has 0 spiro atoms. The van der Waals surface area contributed by atoms with Crippen LogP contribution < -0.4 is 11.1 Å². The van der Waals surface area contributed by atoms with E-state index in [0.717, 1.165) is 14.5 Å². The molecule has 0 bridgehead atoms. The van der Waals surface area contributed by atoms with Crippen LogP contribution in [0.2, 0.25) is 0 Å². The lowest BCUT2D eigenvalue weighted by molar-refractivity contribution is -0.138. The summed E-state index contributed by atoms with van der Waals surface area (Å²) < 4.78 is 29.2. The number of hydrogen-bond acceptors (Lipinski definition) is 8. The number of nitrogens with zero attached hydrogens (tertiary/aromatic N) is 4. The number of carbonyl (C=O) groups is 2. The summed E-state index contributed by atoms with van der Waals surface area (Å²) in [6.07, 6.45) is 3.23. The van der Waals surface area contributed by atoms with Crippen LogP contribution in [0.1, 0.15) is 39.3 Å². The Bertz CT molecular complexity index is 1510. The van der Waals surface area contributed by atoms with Gasteiger partial charge in [0.2, 0.25) is 0 Å². The molecule has 0 radical (unpaired) electrons. The number of piperazine rings is 1. The van der Waals surface area contributed by atoms with E-state index in [4.69, 9.17) is 11.1 Å². The van der Waals surface area contributed by atoms with Gasteiger partial charge in [0.15, 0.2) is 5.01 Å². The number of aliphatic carboxylic acids is 1. The second-order valence-electron chi connectivity index (χ2n) is 9.34. The van der Waals surface area contributed by atoms with E-state index < -0.39 is 28.6 Å². The Morgan fingerprint density at radius 2 is 2.03 bits per heavy atom. The Hall–Kier alpha value is -3.33. The number of nitrogens with one attached hydrogen (secondary N) is 2. The highest BCUT2D eigenvalue weighted by Crippen LogP contribution is 2.27. The van der Waals surface area contributed by atoms with Crippen LogP contribution >= 0.6 is 11.3 Å². The van der Waals surface area contributed by atoms with Crippen molar-refractivity contribution in [3.63, 3.8) is 0 Å². The number of carboxylic acid groups (broad SMARTS) is 1. The molecule has 1 amide bonds. The van der Waals surface area contributed by atoms with Crippen LogP contribution in [-0.4, -0.2) is 81.1 Å². The summed E-state index contributed by atoms with van der Waals surface area (Å²) in [5, 5.41) is 22.0. The lowest BCUT2D eigenvalue weighted by Crippen LogP contribution is -2.57.